The fourth-order valence-electron chi connectivity index (χ4n) is 1.68. The number of rotatable bonds is 5. The van der Waals surface area contributed by atoms with Gasteiger partial charge in [0.25, 0.3) is 0 Å². The molecule has 0 amide bonds. The van der Waals surface area contributed by atoms with E-state index < -0.39 is 11.1 Å². The van der Waals surface area contributed by atoms with Gasteiger partial charge >= 0.3 is 0 Å². The minimum atomic E-state index is -1.66. The average Bonchev–Trinajstić information content (AvgIpc) is 2.49. The number of halogens is 3. The van der Waals surface area contributed by atoms with Gasteiger partial charge in [-0.2, -0.15) is 0 Å². The molecule has 118 valence electrons. The van der Waals surface area contributed by atoms with Crippen molar-refractivity contribution < 1.29 is 17.9 Å². The van der Waals surface area contributed by atoms with Crippen molar-refractivity contribution in [2.24, 2.45) is 0 Å². The Morgan fingerprint density at radius 1 is 1.09 bits per heavy atom. The quantitative estimate of drug-likeness (QED) is 0.658. The van der Waals surface area contributed by atoms with Crippen LogP contribution in [0.2, 0.25) is 10.0 Å². The summed E-state index contributed by atoms with van der Waals surface area (Å²) in [6, 6.07) is 8.17. The Bertz CT molecular complexity index is 701. The summed E-state index contributed by atoms with van der Waals surface area (Å²) in [6.07, 6.45) is 0. The van der Waals surface area contributed by atoms with Crippen molar-refractivity contribution in [1.82, 2.24) is 0 Å². The summed E-state index contributed by atoms with van der Waals surface area (Å²) in [5, 5.41) is 0.703. The molecule has 0 bridgehead atoms. The van der Waals surface area contributed by atoms with Gasteiger partial charge in [0.05, 0.1) is 24.3 Å². The molecule has 0 heterocycles. The third kappa shape index (κ3) is 3.94. The molecule has 0 aromatic heterocycles. The zero-order valence-corrected chi connectivity index (χ0v) is 15.5. The van der Waals surface area contributed by atoms with Gasteiger partial charge in [-0.25, -0.2) is 4.21 Å². The fourth-order valence-corrected chi connectivity index (χ4v) is 3.68. The van der Waals surface area contributed by atoms with Gasteiger partial charge in [0.1, 0.15) is 16.4 Å². The van der Waals surface area contributed by atoms with Crippen molar-refractivity contribution in [2.45, 2.75) is 4.90 Å². The predicted molar refractivity (Wildman–Crippen MR) is 90.6 cm³/mol. The largest absolute Gasteiger partial charge is 0.495 e. The van der Waals surface area contributed by atoms with Crippen LogP contribution in [0.4, 0.5) is 0 Å². The van der Waals surface area contributed by atoms with Crippen LogP contribution < -0.4 is 9.47 Å². The van der Waals surface area contributed by atoms with Crippen LogP contribution in [0.5, 0.6) is 17.2 Å². The molecule has 0 N–H and O–H groups in total. The van der Waals surface area contributed by atoms with E-state index in [2.05, 4.69) is 15.9 Å². The maximum atomic E-state index is 11.9. The Balaban J connectivity index is 2.41. The second-order valence-electron chi connectivity index (χ2n) is 4.01. The molecule has 0 fully saturated rings. The van der Waals surface area contributed by atoms with Gasteiger partial charge < -0.3 is 9.47 Å². The van der Waals surface area contributed by atoms with Crippen molar-refractivity contribution in [3.05, 3.63) is 44.8 Å². The number of ether oxygens (including phenoxy) is 2. The van der Waals surface area contributed by atoms with E-state index in [1.54, 1.807) is 30.3 Å². The SMILES string of the molecule is COc1ccc(Oc2c(Cl)cc(Br)cc2Cl)cc1S(=O)OC. The Morgan fingerprint density at radius 2 is 1.73 bits per heavy atom. The number of hydrogen-bond acceptors (Lipinski definition) is 4. The zero-order chi connectivity index (χ0) is 16.3. The molecule has 1 atom stereocenters. The average molecular weight is 426 g/mol. The van der Waals surface area contributed by atoms with Crippen molar-refractivity contribution in [2.75, 3.05) is 14.2 Å². The first-order valence-corrected chi connectivity index (χ1v) is 8.55. The maximum absolute atomic E-state index is 11.9. The standard InChI is InChI=1S/C14H11BrCl2O4S/c1-19-12-4-3-9(7-13(12)22(18)20-2)21-14-10(16)5-8(15)6-11(14)17/h3-7H,1-2H3. The lowest BCUT2D eigenvalue weighted by molar-refractivity contribution is 0.393. The van der Waals surface area contributed by atoms with Crippen LogP contribution in [0.1, 0.15) is 0 Å². The predicted octanol–water partition coefficient (Wildman–Crippen LogP) is 5.23. The molecule has 0 aliphatic carbocycles. The van der Waals surface area contributed by atoms with E-state index in [1.165, 1.54) is 14.2 Å². The van der Waals surface area contributed by atoms with Crippen molar-refractivity contribution in [3.63, 3.8) is 0 Å². The van der Waals surface area contributed by atoms with E-state index in [-0.39, 0.29) is 0 Å². The molecular weight excluding hydrogens is 415 g/mol. The lowest BCUT2D eigenvalue weighted by Crippen LogP contribution is -1.98. The maximum Gasteiger partial charge on any atom is 0.192 e. The molecule has 8 heteroatoms. The van der Waals surface area contributed by atoms with E-state index in [4.69, 9.17) is 36.9 Å². The first-order valence-electron chi connectivity index (χ1n) is 5.93. The van der Waals surface area contributed by atoms with E-state index in [0.29, 0.717) is 32.2 Å². The Hall–Kier alpha value is -0.790. The summed E-state index contributed by atoms with van der Waals surface area (Å²) >= 11 is 13.9. The molecule has 0 aliphatic heterocycles. The molecule has 0 saturated heterocycles. The van der Waals surface area contributed by atoms with E-state index in [0.717, 1.165) is 4.47 Å². The molecule has 22 heavy (non-hydrogen) atoms. The molecular formula is C14H11BrCl2O4S. The molecule has 0 radical (unpaired) electrons. The van der Waals surface area contributed by atoms with Crippen LogP contribution in [0.3, 0.4) is 0 Å². The minimum Gasteiger partial charge on any atom is -0.495 e. The summed E-state index contributed by atoms with van der Waals surface area (Å²) in [4.78, 5) is 0.354. The molecule has 2 aromatic carbocycles. The fraction of sp³-hybridized carbons (Fsp3) is 0.143. The van der Waals surface area contributed by atoms with Gasteiger partial charge in [-0.3, -0.25) is 4.18 Å². The van der Waals surface area contributed by atoms with Crippen LogP contribution in [-0.4, -0.2) is 18.4 Å². The number of benzene rings is 2. The lowest BCUT2D eigenvalue weighted by Gasteiger charge is -2.12. The third-order valence-electron chi connectivity index (χ3n) is 2.65. The Morgan fingerprint density at radius 3 is 2.27 bits per heavy atom. The number of hydrogen-bond donors (Lipinski definition) is 0. The normalized spacial score (nSPS) is 12.0. The minimum absolute atomic E-state index is 0.311. The molecule has 0 spiro atoms. The van der Waals surface area contributed by atoms with Crippen LogP contribution in [0.25, 0.3) is 0 Å². The van der Waals surface area contributed by atoms with Gasteiger partial charge in [-0.15, -0.1) is 0 Å². The molecule has 1 unspecified atom stereocenters. The van der Waals surface area contributed by atoms with Gasteiger partial charge in [0, 0.05) is 10.5 Å². The highest BCUT2D eigenvalue weighted by Crippen LogP contribution is 2.39. The zero-order valence-electron chi connectivity index (χ0n) is 11.6. The third-order valence-corrected chi connectivity index (χ3v) is 4.65. The summed E-state index contributed by atoms with van der Waals surface area (Å²) in [5.74, 6) is 1.15. The summed E-state index contributed by atoms with van der Waals surface area (Å²) in [6.45, 7) is 0. The number of methoxy groups -OCH3 is 1. The van der Waals surface area contributed by atoms with E-state index >= 15 is 0 Å². The van der Waals surface area contributed by atoms with Crippen LogP contribution in [0, 0.1) is 0 Å². The van der Waals surface area contributed by atoms with Crippen LogP contribution in [0.15, 0.2) is 39.7 Å². The Labute approximate surface area is 149 Å². The molecule has 0 saturated carbocycles. The molecule has 0 aliphatic rings. The van der Waals surface area contributed by atoms with Crippen molar-refractivity contribution >= 4 is 50.2 Å². The van der Waals surface area contributed by atoms with Gasteiger partial charge in [0.15, 0.2) is 16.8 Å². The summed E-state index contributed by atoms with van der Waals surface area (Å²) < 4.78 is 28.3. The lowest BCUT2D eigenvalue weighted by atomic mass is 10.3. The first-order chi connectivity index (χ1) is 10.5. The van der Waals surface area contributed by atoms with Crippen molar-refractivity contribution in [1.29, 1.82) is 0 Å². The first kappa shape index (κ1) is 17.6. The van der Waals surface area contributed by atoms with Crippen LogP contribution >= 0.6 is 39.1 Å². The monoisotopic (exact) mass is 424 g/mol. The van der Waals surface area contributed by atoms with Gasteiger partial charge in [0.2, 0.25) is 0 Å². The topological polar surface area (TPSA) is 44.8 Å². The summed E-state index contributed by atoms with van der Waals surface area (Å²) in [7, 11) is 2.82. The van der Waals surface area contributed by atoms with Gasteiger partial charge in [-0.05, 0) is 24.3 Å². The van der Waals surface area contributed by atoms with E-state index in [1.807, 2.05) is 0 Å². The van der Waals surface area contributed by atoms with Crippen LogP contribution in [-0.2, 0) is 15.3 Å². The molecule has 2 rings (SSSR count). The highest BCUT2D eigenvalue weighted by Gasteiger charge is 2.15. The van der Waals surface area contributed by atoms with Gasteiger partial charge in [-0.1, -0.05) is 39.1 Å². The van der Waals surface area contributed by atoms with Crippen molar-refractivity contribution in [3.8, 4) is 17.2 Å². The summed E-state index contributed by atoms with van der Waals surface area (Å²) in [5.41, 5.74) is 0. The van der Waals surface area contributed by atoms with E-state index in [9.17, 15) is 4.21 Å². The molecule has 2 aromatic rings. The molecule has 4 nitrogen and oxygen atoms in total. The smallest absolute Gasteiger partial charge is 0.192 e. The second-order valence-corrected chi connectivity index (χ2v) is 6.99. The highest BCUT2D eigenvalue weighted by molar-refractivity contribution is 9.10. The second kappa shape index (κ2) is 7.66. The Kier molecular flexibility index (Phi) is 6.11. The highest BCUT2D eigenvalue weighted by atomic mass is 79.9.